The largest absolute Gasteiger partial charge is 0.496 e. The van der Waals surface area contributed by atoms with Gasteiger partial charge in [0, 0.05) is 11.3 Å². The monoisotopic (exact) mass is 410 g/mol. The predicted molar refractivity (Wildman–Crippen MR) is 95.5 cm³/mol. The van der Waals surface area contributed by atoms with Crippen LogP contribution in [-0.2, 0) is 9.53 Å². The lowest BCUT2D eigenvalue weighted by molar-refractivity contribution is -0.138. The zero-order chi connectivity index (χ0) is 18.6. The summed E-state index contributed by atoms with van der Waals surface area (Å²) in [5, 5.41) is 5.32. The second-order valence-corrected chi connectivity index (χ2v) is 6.04. The van der Waals surface area contributed by atoms with Crippen molar-refractivity contribution in [2.45, 2.75) is 13.0 Å². The minimum absolute atomic E-state index is 0.0665. The molecule has 1 aromatic rings. The fraction of sp³-hybridized carbons (Fsp3) is 0.294. The lowest BCUT2D eigenvalue weighted by Gasteiger charge is -2.29. The van der Waals surface area contributed by atoms with Crippen LogP contribution in [0.2, 0.25) is 0 Å². The van der Waals surface area contributed by atoms with E-state index in [2.05, 4.69) is 33.1 Å². The Morgan fingerprint density at radius 3 is 2.60 bits per heavy atom. The molecular formula is C17H19BrN2O5. The van der Waals surface area contributed by atoms with Gasteiger partial charge in [-0.3, -0.25) is 0 Å². The highest BCUT2D eigenvalue weighted by Crippen LogP contribution is 2.39. The summed E-state index contributed by atoms with van der Waals surface area (Å²) in [4.78, 5) is 24.4. The molecule has 1 heterocycles. The summed E-state index contributed by atoms with van der Waals surface area (Å²) in [7, 11) is 3.03. The van der Waals surface area contributed by atoms with E-state index in [0.29, 0.717) is 27.2 Å². The molecule has 0 radical (unpaired) electrons. The second kappa shape index (κ2) is 8.06. The van der Waals surface area contributed by atoms with E-state index in [-0.39, 0.29) is 12.2 Å². The van der Waals surface area contributed by atoms with Crippen molar-refractivity contribution >= 4 is 27.9 Å². The number of ether oxygens (including phenoxy) is 3. The fourth-order valence-corrected chi connectivity index (χ4v) is 3.00. The number of esters is 1. The van der Waals surface area contributed by atoms with Crippen molar-refractivity contribution in [3.63, 3.8) is 0 Å². The van der Waals surface area contributed by atoms with Crippen LogP contribution in [0.25, 0.3) is 0 Å². The van der Waals surface area contributed by atoms with Gasteiger partial charge in [0.1, 0.15) is 18.1 Å². The van der Waals surface area contributed by atoms with Crippen LogP contribution in [0.3, 0.4) is 0 Å². The number of carbonyl (C=O) groups is 2. The Bertz CT molecular complexity index is 745. The average molecular weight is 411 g/mol. The number of carbonyl (C=O) groups excluding carboxylic acids is 2. The van der Waals surface area contributed by atoms with Gasteiger partial charge in [-0.2, -0.15) is 0 Å². The van der Waals surface area contributed by atoms with E-state index in [4.69, 9.17) is 14.2 Å². The van der Waals surface area contributed by atoms with E-state index in [1.54, 1.807) is 19.1 Å². The third kappa shape index (κ3) is 3.96. The highest BCUT2D eigenvalue weighted by molar-refractivity contribution is 9.10. The minimum Gasteiger partial charge on any atom is -0.496 e. The zero-order valence-electron chi connectivity index (χ0n) is 14.1. The summed E-state index contributed by atoms with van der Waals surface area (Å²) in [6.07, 6.45) is 1.47. The summed E-state index contributed by atoms with van der Waals surface area (Å²) in [5.41, 5.74) is 1.26. The van der Waals surface area contributed by atoms with Gasteiger partial charge in [0.2, 0.25) is 0 Å². The first-order valence-corrected chi connectivity index (χ1v) is 8.19. The van der Waals surface area contributed by atoms with Gasteiger partial charge in [-0.05, 0) is 35.0 Å². The van der Waals surface area contributed by atoms with Crippen molar-refractivity contribution in [2.24, 2.45) is 0 Å². The van der Waals surface area contributed by atoms with Crippen LogP contribution < -0.4 is 20.1 Å². The number of amides is 2. The molecule has 0 aromatic heterocycles. The summed E-state index contributed by atoms with van der Waals surface area (Å²) in [5.74, 6) is 0.473. The quantitative estimate of drug-likeness (QED) is 0.556. The van der Waals surface area contributed by atoms with Gasteiger partial charge in [0.05, 0.1) is 30.3 Å². The maximum Gasteiger partial charge on any atom is 0.338 e. The summed E-state index contributed by atoms with van der Waals surface area (Å²) < 4.78 is 16.6. The molecule has 1 unspecified atom stereocenters. The number of hydrogen-bond acceptors (Lipinski definition) is 5. The first kappa shape index (κ1) is 18.9. The third-order valence-corrected chi connectivity index (χ3v) is 4.26. The molecule has 1 atom stereocenters. The van der Waals surface area contributed by atoms with Gasteiger partial charge in [-0.25, -0.2) is 9.59 Å². The smallest absolute Gasteiger partial charge is 0.338 e. The van der Waals surface area contributed by atoms with E-state index in [9.17, 15) is 9.59 Å². The molecule has 2 amide bonds. The van der Waals surface area contributed by atoms with Gasteiger partial charge < -0.3 is 24.8 Å². The molecule has 0 saturated heterocycles. The number of urea groups is 1. The highest BCUT2D eigenvalue weighted by atomic mass is 79.9. The van der Waals surface area contributed by atoms with Crippen LogP contribution in [-0.4, -0.2) is 32.8 Å². The molecule has 0 spiro atoms. The Morgan fingerprint density at radius 2 is 2.00 bits per heavy atom. The predicted octanol–water partition coefficient (Wildman–Crippen LogP) is 2.82. The molecule has 2 N–H and O–H groups in total. The van der Waals surface area contributed by atoms with Crippen LogP contribution >= 0.6 is 15.9 Å². The highest BCUT2D eigenvalue weighted by Gasteiger charge is 2.34. The van der Waals surface area contributed by atoms with Gasteiger partial charge in [0.15, 0.2) is 0 Å². The molecule has 7 nitrogen and oxygen atoms in total. The van der Waals surface area contributed by atoms with Crippen molar-refractivity contribution < 1.29 is 23.8 Å². The molecule has 0 bridgehead atoms. The summed E-state index contributed by atoms with van der Waals surface area (Å²) in [6, 6.07) is 2.24. The van der Waals surface area contributed by atoms with Gasteiger partial charge in [-0.15, -0.1) is 0 Å². The van der Waals surface area contributed by atoms with Gasteiger partial charge >= 0.3 is 12.0 Å². The fourth-order valence-electron chi connectivity index (χ4n) is 2.52. The average Bonchev–Trinajstić information content (AvgIpc) is 2.58. The maximum atomic E-state index is 12.5. The summed E-state index contributed by atoms with van der Waals surface area (Å²) in [6.45, 7) is 5.23. The van der Waals surface area contributed by atoms with E-state index < -0.39 is 18.0 Å². The number of allylic oxidation sites excluding steroid dienone is 1. The maximum absolute atomic E-state index is 12.5. The topological polar surface area (TPSA) is 85.9 Å². The normalized spacial score (nSPS) is 16.6. The zero-order valence-corrected chi connectivity index (χ0v) is 15.7. The van der Waals surface area contributed by atoms with Gasteiger partial charge in [0.25, 0.3) is 0 Å². The lowest BCUT2D eigenvalue weighted by atomic mass is 9.94. The number of nitrogens with one attached hydrogen (secondary N) is 2. The van der Waals surface area contributed by atoms with Crippen LogP contribution in [0.4, 0.5) is 4.79 Å². The number of rotatable bonds is 6. The van der Waals surface area contributed by atoms with Crippen LogP contribution in [0.1, 0.15) is 18.5 Å². The molecule has 1 aliphatic heterocycles. The van der Waals surface area contributed by atoms with E-state index in [1.807, 2.05) is 0 Å². The van der Waals surface area contributed by atoms with Crippen LogP contribution in [0, 0.1) is 0 Å². The Hall–Kier alpha value is -2.48. The molecule has 134 valence electrons. The summed E-state index contributed by atoms with van der Waals surface area (Å²) >= 11 is 3.39. The van der Waals surface area contributed by atoms with Crippen molar-refractivity contribution in [3.05, 3.63) is 46.1 Å². The first-order valence-electron chi connectivity index (χ1n) is 7.40. The first-order chi connectivity index (χ1) is 11.9. The lowest BCUT2D eigenvalue weighted by Crippen LogP contribution is -2.45. The molecule has 25 heavy (non-hydrogen) atoms. The molecule has 2 rings (SSSR count). The molecule has 1 aliphatic rings. The van der Waals surface area contributed by atoms with Gasteiger partial charge in [-0.1, -0.05) is 12.7 Å². The minimum atomic E-state index is -0.747. The molecule has 1 aromatic carbocycles. The number of halogens is 1. The second-order valence-electron chi connectivity index (χ2n) is 5.19. The van der Waals surface area contributed by atoms with Crippen molar-refractivity contribution in [3.8, 4) is 11.5 Å². The number of methoxy groups -OCH3 is 2. The molecule has 0 fully saturated rings. The van der Waals surface area contributed by atoms with E-state index in [1.165, 1.54) is 20.3 Å². The Balaban J connectivity index is 2.57. The Labute approximate surface area is 154 Å². The standard InChI is InChI=1S/C17H19BrN2O5/c1-5-6-25-16(21)14-9(2)19-17(22)20-15(14)10-7-13(24-4)11(18)8-12(10)23-3/h5,7-8,15H,1,6H2,2-4H3,(H2,19,20,22). The van der Waals surface area contributed by atoms with Crippen molar-refractivity contribution in [1.82, 2.24) is 10.6 Å². The molecule has 8 heteroatoms. The van der Waals surface area contributed by atoms with Crippen molar-refractivity contribution in [1.29, 1.82) is 0 Å². The Kier molecular flexibility index (Phi) is 6.08. The molecule has 0 aliphatic carbocycles. The Morgan fingerprint density at radius 1 is 1.32 bits per heavy atom. The van der Waals surface area contributed by atoms with E-state index in [0.717, 1.165) is 0 Å². The SMILES string of the molecule is C=CCOC(=O)C1=C(C)NC(=O)NC1c1cc(OC)c(Br)cc1OC. The van der Waals surface area contributed by atoms with Crippen LogP contribution in [0.5, 0.6) is 11.5 Å². The third-order valence-electron chi connectivity index (χ3n) is 3.64. The van der Waals surface area contributed by atoms with Crippen molar-refractivity contribution in [2.75, 3.05) is 20.8 Å². The molecular weight excluding hydrogens is 392 g/mol. The van der Waals surface area contributed by atoms with Crippen LogP contribution in [0.15, 0.2) is 40.5 Å². The van der Waals surface area contributed by atoms with E-state index >= 15 is 0 Å². The number of benzene rings is 1. The molecule has 0 saturated carbocycles. The number of hydrogen-bond donors (Lipinski definition) is 2.